The molecule has 0 radical (unpaired) electrons. The van der Waals surface area contributed by atoms with Gasteiger partial charge in [-0.3, -0.25) is 9.59 Å². The maximum absolute atomic E-state index is 12.5. The molecule has 0 aliphatic heterocycles. The van der Waals surface area contributed by atoms with Gasteiger partial charge in [0.2, 0.25) is 0 Å². The van der Waals surface area contributed by atoms with E-state index in [1.54, 1.807) is 26.2 Å². The molecule has 7 heteroatoms. The number of ether oxygens (including phenoxy) is 1. The van der Waals surface area contributed by atoms with Crippen molar-refractivity contribution in [3.8, 4) is 5.75 Å². The second-order valence-electron chi connectivity index (χ2n) is 6.41. The molecule has 2 N–H and O–H groups in total. The van der Waals surface area contributed by atoms with Gasteiger partial charge < -0.3 is 20.1 Å². The quantitative estimate of drug-likeness (QED) is 0.814. The third-order valence-corrected chi connectivity index (χ3v) is 3.64. The van der Waals surface area contributed by atoms with Gasteiger partial charge in [-0.1, -0.05) is 0 Å². The highest BCUT2D eigenvalue weighted by atomic mass is 16.5. The average Bonchev–Trinajstić information content (AvgIpc) is 2.61. The van der Waals surface area contributed by atoms with Gasteiger partial charge in [0, 0.05) is 25.2 Å². The van der Waals surface area contributed by atoms with Crippen molar-refractivity contribution < 1.29 is 24.2 Å². The third kappa shape index (κ3) is 5.07. The average molecular weight is 370 g/mol. The first-order valence-electron chi connectivity index (χ1n) is 8.36. The number of hydrogen-bond donors (Lipinski definition) is 2. The molecule has 27 heavy (non-hydrogen) atoms. The summed E-state index contributed by atoms with van der Waals surface area (Å²) in [5.41, 5.74) is 1.10. The summed E-state index contributed by atoms with van der Waals surface area (Å²) in [5, 5.41) is 11.8. The summed E-state index contributed by atoms with van der Waals surface area (Å²) < 4.78 is 5.64. The van der Waals surface area contributed by atoms with Crippen molar-refractivity contribution >= 4 is 23.5 Å². The zero-order valence-corrected chi connectivity index (χ0v) is 15.6. The normalized spacial score (nSPS) is 10.4. The molecule has 2 rings (SSSR count). The van der Waals surface area contributed by atoms with Gasteiger partial charge in [0.25, 0.3) is 11.8 Å². The summed E-state index contributed by atoms with van der Waals surface area (Å²) in [6, 6.07) is 10.5. The van der Waals surface area contributed by atoms with Crippen LogP contribution in [-0.2, 0) is 0 Å². The van der Waals surface area contributed by atoms with Crippen LogP contribution < -0.4 is 10.1 Å². The number of anilines is 1. The minimum Gasteiger partial charge on any atom is -0.489 e. The van der Waals surface area contributed by atoms with Crippen LogP contribution in [0.3, 0.4) is 0 Å². The van der Waals surface area contributed by atoms with Crippen LogP contribution in [0.4, 0.5) is 5.69 Å². The monoisotopic (exact) mass is 370 g/mol. The van der Waals surface area contributed by atoms with E-state index in [2.05, 4.69) is 5.32 Å². The second-order valence-corrected chi connectivity index (χ2v) is 6.41. The van der Waals surface area contributed by atoms with Crippen LogP contribution in [0.2, 0.25) is 0 Å². The van der Waals surface area contributed by atoms with Crippen molar-refractivity contribution in [1.29, 1.82) is 0 Å². The van der Waals surface area contributed by atoms with E-state index in [9.17, 15) is 19.5 Å². The SMILES string of the molecule is CC(C)Oc1ccc(C(=O)O)cc1NC(=O)c1ccc(C(=O)N(C)C)cc1. The van der Waals surface area contributed by atoms with Gasteiger partial charge in [0.05, 0.1) is 17.4 Å². The summed E-state index contributed by atoms with van der Waals surface area (Å²) in [6.45, 7) is 3.66. The highest BCUT2D eigenvalue weighted by Gasteiger charge is 2.15. The molecule has 2 aromatic carbocycles. The number of carboxylic acid groups (broad SMARTS) is 1. The van der Waals surface area contributed by atoms with Gasteiger partial charge in [-0.25, -0.2) is 4.79 Å². The molecule has 0 fully saturated rings. The molecule has 0 aliphatic carbocycles. The molecular weight excluding hydrogens is 348 g/mol. The van der Waals surface area contributed by atoms with Crippen LogP contribution in [-0.4, -0.2) is 48.0 Å². The third-order valence-electron chi connectivity index (χ3n) is 3.64. The first kappa shape index (κ1) is 20.0. The maximum atomic E-state index is 12.5. The Bertz CT molecular complexity index is 857. The van der Waals surface area contributed by atoms with E-state index in [1.165, 1.54) is 35.2 Å². The van der Waals surface area contributed by atoms with Crippen LogP contribution in [0, 0.1) is 0 Å². The van der Waals surface area contributed by atoms with Crippen molar-refractivity contribution in [3.05, 3.63) is 59.2 Å². The Balaban J connectivity index is 2.27. The number of amides is 2. The molecule has 0 atom stereocenters. The standard InChI is InChI=1S/C20H22N2O5/c1-12(2)27-17-10-9-15(20(25)26)11-16(17)21-18(23)13-5-7-14(8-6-13)19(24)22(3)4/h5-12H,1-4H3,(H,21,23)(H,25,26). The lowest BCUT2D eigenvalue weighted by atomic mass is 10.1. The lowest BCUT2D eigenvalue weighted by Gasteiger charge is -2.16. The number of nitrogens with zero attached hydrogens (tertiary/aromatic N) is 1. The van der Waals surface area contributed by atoms with E-state index in [1.807, 2.05) is 13.8 Å². The van der Waals surface area contributed by atoms with E-state index >= 15 is 0 Å². The molecule has 7 nitrogen and oxygen atoms in total. The molecule has 0 aliphatic rings. The Kier molecular flexibility index (Phi) is 6.18. The predicted octanol–water partition coefficient (Wildman–Crippen LogP) is 3.13. The van der Waals surface area contributed by atoms with Crippen LogP contribution in [0.25, 0.3) is 0 Å². The number of benzene rings is 2. The Morgan fingerprint density at radius 3 is 2.04 bits per heavy atom. The lowest BCUT2D eigenvalue weighted by molar-refractivity contribution is 0.0696. The number of aromatic carboxylic acids is 1. The summed E-state index contributed by atoms with van der Waals surface area (Å²) in [4.78, 5) is 37.1. The van der Waals surface area contributed by atoms with Crippen molar-refractivity contribution in [2.75, 3.05) is 19.4 Å². The van der Waals surface area contributed by atoms with Crippen LogP contribution in [0.15, 0.2) is 42.5 Å². The van der Waals surface area contributed by atoms with Crippen LogP contribution in [0.1, 0.15) is 44.9 Å². The molecular formula is C20H22N2O5. The predicted molar refractivity (Wildman–Crippen MR) is 102 cm³/mol. The molecule has 2 amide bonds. The number of carbonyl (C=O) groups excluding carboxylic acids is 2. The molecule has 0 aromatic heterocycles. The molecule has 0 bridgehead atoms. The van der Waals surface area contributed by atoms with E-state index < -0.39 is 11.9 Å². The minimum absolute atomic E-state index is 0.0355. The molecule has 0 saturated carbocycles. The summed E-state index contributed by atoms with van der Waals surface area (Å²) >= 11 is 0. The summed E-state index contributed by atoms with van der Waals surface area (Å²) in [5.74, 6) is -1.32. The van der Waals surface area contributed by atoms with E-state index in [4.69, 9.17) is 4.74 Å². The first-order chi connectivity index (χ1) is 12.7. The number of carbonyl (C=O) groups is 3. The first-order valence-corrected chi connectivity index (χ1v) is 8.36. The highest BCUT2D eigenvalue weighted by Crippen LogP contribution is 2.27. The smallest absolute Gasteiger partial charge is 0.335 e. The summed E-state index contributed by atoms with van der Waals surface area (Å²) in [7, 11) is 3.29. The van der Waals surface area contributed by atoms with E-state index in [0.717, 1.165) is 0 Å². The van der Waals surface area contributed by atoms with Gasteiger partial charge in [0.1, 0.15) is 5.75 Å². The molecule has 2 aromatic rings. The minimum atomic E-state index is -1.10. The van der Waals surface area contributed by atoms with Crippen molar-refractivity contribution in [2.24, 2.45) is 0 Å². The molecule has 142 valence electrons. The number of carboxylic acids is 1. The fraction of sp³-hybridized carbons (Fsp3) is 0.250. The Labute approximate surface area is 157 Å². The highest BCUT2D eigenvalue weighted by molar-refractivity contribution is 6.06. The summed E-state index contributed by atoms with van der Waals surface area (Å²) in [6.07, 6.45) is -0.146. The van der Waals surface area contributed by atoms with Crippen molar-refractivity contribution in [1.82, 2.24) is 4.90 Å². The van der Waals surface area contributed by atoms with Gasteiger partial charge >= 0.3 is 5.97 Å². The fourth-order valence-electron chi connectivity index (χ4n) is 2.33. The van der Waals surface area contributed by atoms with Gasteiger partial charge in [0.15, 0.2) is 0 Å². The van der Waals surface area contributed by atoms with Crippen LogP contribution >= 0.6 is 0 Å². The van der Waals surface area contributed by atoms with E-state index in [-0.39, 0.29) is 23.3 Å². The zero-order valence-electron chi connectivity index (χ0n) is 15.6. The van der Waals surface area contributed by atoms with Gasteiger partial charge in [-0.15, -0.1) is 0 Å². The zero-order chi connectivity index (χ0) is 20.1. The van der Waals surface area contributed by atoms with Crippen molar-refractivity contribution in [3.63, 3.8) is 0 Å². The topological polar surface area (TPSA) is 95.9 Å². The molecule has 0 unspecified atom stereocenters. The van der Waals surface area contributed by atoms with Gasteiger partial charge in [-0.2, -0.15) is 0 Å². The number of rotatable bonds is 6. The Morgan fingerprint density at radius 2 is 1.52 bits per heavy atom. The van der Waals surface area contributed by atoms with Crippen molar-refractivity contribution in [2.45, 2.75) is 20.0 Å². The molecule has 0 spiro atoms. The lowest BCUT2D eigenvalue weighted by Crippen LogP contribution is -2.21. The van der Waals surface area contributed by atoms with Crippen LogP contribution in [0.5, 0.6) is 5.75 Å². The second kappa shape index (κ2) is 8.35. The van der Waals surface area contributed by atoms with Gasteiger partial charge in [-0.05, 0) is 56.3 Å². The number of nitrogens with one attached hydrogen (secondary N) is 1. The van der Waals surface area contributed by atoms with E-state index in [0.29, 0.717) is 16.9 Å². The molecule has 0 saturated heterocycles. The fourth-order valence-corrected chi connectivity index (χ4v) is 2.33. The number of hydrogen-bond acceptors (Lipinski definition) is 4. The maximum Gasteiger partial charge on any atom is 0.335 e. The Morgan fingerprint density at radius 1 is 0.963 bits per heavy atom. The molecule has 0 heterocycles. The Hall–Kier alpha value is -3.35. The largest absolute Gasteiger partial charge is 0.489 e.